The minimum atomic E-state index is -3.87. The molecule has 0 bridgehead atoms. The fraction of sp³-hybridized carbons (Fsp3) is 0.412. The maximum Gasteiger partial charge on any atom is 0.246 e. The first-order valence-electron chi connectivity index (χ1n) is 8.44. The molecule has 1 aliphatic heterocycles. The van der Waals surface area contributed by atoms with Crippen LogP contribution in [0.3, 0.4) is 0 Å². The van der Waals surface area contributed by atoms with Crippen molar-refractivity contribution >= 4 is 21.6 Å². The minimum absolute atomic E-state index is 0.0393. The van der Waals surface area contributed by atoms with Gasteiger partial charge in [0.15, 0.2) is 0 Å². The molecule has 3 N–H and O–H groups in total. The van der Waals surface area contributed by atoms with Gasteiger partial charge >= 0.3 is 0 Å². The summed E-state index contributed by atoms with van der Waals surface area (Å²) >= 11 is 0. The number of primary sulfonamides is 1. The zero-order chi connectivity index (χ0) is 19.6. The third-order valence-corrected chi connectivity index (χ3v) is 5.65. The zero-order valence-corrected chi connectivity index (χ0v) is 16.0. The largest absolute Gasteiger partial charge is 0.375 e. The number of hydrogen-bond donors (Lipinski definition) is 2. The van der Waals surface area contributed by atoms with Gasteiger partial charge in [0.25, 0.3) is 0 Å². The second kappa shape index (κ2) is 7.67. The molecule has 1 amide bonds. The van der Waals surface area contributed by atoms with Gasteiger partial charge in [0.2, 0.25) is 15.9 Å². The van der Waals surface area contributed by atoms with Crippen LogP contribution in [0.1, 0.15) is 11.6 Å². The molecule has 0 radical (unpaired) electrons. The van der Waals surface area contributed by atoms with Crippen LogP contribution in [0.5, 0.6) is 0 Å². The van der Waals surface area contributed by atoms with Gasteiger partial charge in [-0.3, -0.25) is 9.48 Å². The van der Waals surface area contributed by atoms with Crippen LogP contribution < -0.4 is 15.4 Å². The van der Waals surface area contributed by atoms with E-state index in [0.29, 0.717) is 18.8 Å². The lowest BCUT2D eigenvalue weighted by atomic mass is 9.99. The summed E-state index contributed by atoms with van der Waals surface area (Å²) in [5.41, 5.74) is 1.48. The molecule has 9 nitrogen and oxygen atoms in total. The van der Waals surface area contributed by atoms with Crippen LogP contribution in [0.2, 0.25) is 0 Å². The van der Waals surface area contributed by atoms with Crippen molar-refractivity contribution in [3.8, 4) is 0 Å². The van der Waals surface area contributed by atoms with Gasteiger partial charge in [0.05, 0.1) is 11.7 Å². The molecule has 0 spiro atoms. The number of anilines is 1. The number of aryl methyl sites for hydroxylation is 1. The van der Waals surface area contributed by atoms with Gasteiger partial charge in [-0.15, -0.1) is 0 Å². The lowest BCUT2D eigenvalue weighted by Crippen LogP contribution is -2.42. The fourth-order valence-corrected chi connectivity index (χ4v) is 4.29. The van der Waals surface area contributed by atoms with Gasteiger partial charge < -0.3 is 15.0 Å². The summed E-state index contributed by atoms with van der Waals surface area (Å²) in [7, 11) is -0.569. The fourth-order valence-electron chi connectivity index (χ4n) is 3.53. The predicted octanol–water partition coefficient (Wildman–Crippen LogP) is -0.197. The van der Waals surface area contributed by atoms with Crippen molar-refractivity contribution in [1.29, 1.82) is 0 Å². The number of amides is 1. The summed E-state index contributed by atoms with van der Waals surface area (Å²) in [4.78, 5) is 14.1. The number of nitrogens with two attached hydrogens (primary N) is 1. The van der Waals surface area contributed by atoms with E-state index >= 15 is 0 Å². The van der Waals surface area contributed by atoms with Crippen LogP contribution in [0.4, 0.5) is 5.69 Å². The minimum Gasteiger partial charge on any atom is -0.375 e. The molecule has 10 heteroatoms. The molecule has 2 heterocycles. The maximum atomic E-state index is 12.1. The van der Waals surface area contributed by atoms with Crippen molar-refractivity contribution in [2.75, 3.05) is 31.7 Å². The molecule has 3 rings (SSSR count). The summed E-state index contributed by atoms with van der Waals surface area (Å²) in [6.45, 7) is 0.921. The highest BCUT2D eigenvalue weighted by Gasteiger charge is 2.37. The molecule has 0 aliphatic carbocycles. The topological polar surface area (TPSA) is 120 Å². The number of benzene rings is 1. The first-order chi connectivity index (χ1) is 12.8. The number of rotatable bonds is 6. The average molecular weight is 393 g/mol. The average Bonchev–Trinajstić information content (AvgIpc) is 3.20. The van der Waals surface area contributed by atoms with Gasteiger partial charge in [0.1, 0.15) is 11.5 Å². The van der Waals surface area contributed by atoms with E-state index in [2.05, 4.69) is 10.4 Å². The Bertz CT molecular complexity index is 927. The maximum absolute atomic E-state index is 12.1. The number of sulfonamides is 1. The lowest BCUT2D eigenvalue weighted by Gasteiger charge is -2.21. The number of aromatic nitrogens is 2. The third-order valence-electron chi connectivity index (χ3n) is 4.69. The smallest absolute Gasteiger partial charge is 0.246 e. The molecule has 2 aromatic rings. The van der Waals surface area contributed by atoms with Gasteiger partial charge in [-0.2, -0.15) is 5.10 Å². The second-order valence-corrected chi connectivity index (χ2v) is 8.04. The summed E-state index contributed by atoms with van der Waals surface area (Å²) in [6, 6.07) is 8.28. The summed E-state index contributed by atoms with van der Waals surface area (Å²) in [5.74, 6) is -0.289. The summed E-state index contributed by atoms with van der Waals surface area (Å²) in [6.07, 6.45) is 1.70. The number of nitrogens with zero attached hydrogens (tertiary/aromatic N) is 3. The molecular formula is C17H23N5O4S. The van der Waals surface area contributed by atoms with E-state index < -0.39 is 10.0 Å². The van der Waals surface area contributed by atoms with Crippen molar-refractivity contribution in [1.82, 2.24) is 15.1 Å². The predicted molar refractivity (Wildman–Crippen MR) is 99.8 cm³/mol. The molecular weight excluding hydrogens is 370 g/mol. The molecule has 27 heavy (non-hydrogen) atoms. The lowest BCUT2D eigenvalue weighted by molar-refractivity contribution is -0.125. The van der Waals surface area contributed by atoms with Crippen molar-refractivity contribution in [3.05, 3.63) is 42.2 Å². The number of ether oxygens (including phenoxy) is 1. The zero-order valence-electron chi connectivity index (χ0n) is 15.2. The Balaban J connectivity index is 1.94. The molecule has 0 saturated carbocycles. The molecule has 1 aromatic carbocycles. The number of nitrogens with one attached hydrogen (secondary N) is 1. The van der Waals surface area contributed by atoms with Gasteiger partial charge in [-0.1, -0.05) is 12.1 Å². The normalized spacial score (nSPS) is 20.0. The number of methoxy groups -OCH3 is 1. The van der Waals surface area contributed by atoms with Gasteiger partial charge in [-0.25, -0.2) is 13.6 Å². The van der Waals surface area contributed by atoms with Gasteiger partial charge in [0, 0.05) is 45.1 Å². The molecule has 146 valence electrons. The third kappa shape index (κ3) is 4.12. The van der Waals surface area contributed by atoms with E-state index in [1.54, 1.807) is 29.1 Å². The van der Waals surface area contributed by atoms with E-state index in [1.807, 2.05) is 18.0 Å². The second-order valence-electron chi connectivity index (χ2n) is 6.51. The number of para-hydroxylation sites is 1. The molecule has 2 atom stereocenters. The van der Waals surface area contributed by atoms with Crippen LogP contribution >= 0.6 is 0 Å². The van der Waals surface area contributed by atoms with Crippen LogP contribution in [0, 0.1) is 0 Å². The summed E-state index contributed by atoms with van der Waals surface area (Å²) in [5, 5.41) is 12.6. The first kappa shape index (κ1) is 19.3. The molecule has 0 unspecified atom stereocenters. The standard InChI is InChI=1S/C17H23N5O4S/c1-21-14(7-8-19-21)12-9-22(10-13(12)20-17(23)11-26-2)15-5-3-4-6-16(15)27(18,24)25/h3-8,12-13H,9-11H2,1-2H3,(H,20,23)(H2,18,24,25)/t12-,13-/m1/s1. The Morgan fingerprint density at radius 3 is 2.70 bits per heavy atom. The van der Waals surface area contributed by atoms with E-state index in [4.69, 9.17) is 9.88 Å². The van der Waals surface area contributed by atoms with Crippen LogP contribution in [0.15, 0.2) is 41.4 Å². The Morgan fingerprint density at radius 1 is 1.33 bits per heavy atom. The van der Waals surface area contributed by atoms with Crippen molar-refractivity contribution in [2.24, 2.45) is 12.2 Å². The Morgan fingerprint density at radius 2 is 2.07 bits per heavy atom. The Hall–Kier alpha value is -2.43. The van der Waals surface area contributed by atoms with Crippen LogP contribution in [-0.2, 0) is 26.6 Å². The molecule has 1 aliphatic rings. The molecule has 1 aromatic heterocycles. The van der Waals surface area contributed by atoms with E-state index in [0.717, 1.165) is 5.69 Å². The highest BCUT2D eigenvalue weighted by molar-refractivity contribution is 7.89. The van der Waals surface area contributed by atoms with Crippen LogP contribution in [-0.4, -0.2) is 57.0 Å². The monoisotopic (exact) mass is 393 g/mol. The quantitative estimate of drug-likeness (QED) is 0.702. The first-order valence-corrected chi connectivity index (χ1v) is 9.99. The number of carbonyl (C=O) groups excluding carboxylic acids is 1. The van der Waals surface area contributed by atoms with Crippen LogP contribution in [0.25, 0.3) is 0 Å². The van der Waals surface area contributed by atoms with E-state index in [9.17, 15) is 13.2 Å². The SMILES string of the molecule is COCC(=O)N[C@@H]1CN(c2ccccc2S(N)(=O)=O)C[C@H]1c1ccnn1C. The Labute approximate surface area is 158 Å². The van der Waals surface area contributed by atoms with Crippen molar-refractivity contribution < 1.29 is 17.9 Å². The number of hydrogen-bond acceptors (Lipinski definition) is 6. The van der Waals surface area contributed by atoms with E-state index in [1.165, 1.54) is 13.2 Å². The Kier molecular flexibility index (Phi) is 5.49. The molecule has 1 saturated heterocycles. The van der Waals surface area contributed by atoms with Crippen molar-refractivity contribution in [3.63, 3.8) is 0 Å². The van der Waals surface area contributed by atoms with Gasteiger partial charge in [-0.05, 0) is 18.2 Å². The van der Waals surface area contributed by atoms with Crippen molar-refractivity contribution in [2.45, 2.75) is 16.9 Å². The highest BCUT2D eigenvalue weighted by atomic mass is 32.2. The van der Waals surface area contributed by atoms with E-state index in [-0.39, 0.29) is 29.4 Å². The highest BCUT2D eigenvalue weighted by Crippen LogP contribution is 2.33. The summed E-state index contributed by atoms with van der Waals surface area (Å²) < 4.78 is 30.6. The number of carbonyl (C=O) groups is 1. The molecule has 1 fully saturated rings.